The molecule has 1 aromatic rings. The van der Waals surface area contributed by atoms with Crippen LogP contribution in [0.1, 0.15) is 16.8 Å². The Kier molecular flexibility index (Phi) is 4.19. The zero-order chi connectivity index (χ0) is 13.7. The van der Waals surface area contributed by atoms with E-state index in [0.29, 0.717) is 0 Å². The van der Waals surface area contributed by atoms with Gasteiger partial charge in [-0.1, -0.05) is 0 Å². The smallest absolute Gasteiger partial charge is 0.326 e. The first kappa shape index (κ1) is 13.4. The molecule has 1 rings (SSSR count). The predicted octanol–water partition coefficient (Wildman–Crippen LogP) is -1.57. The quantitative estimate of drug-likeness (QED) is 0.501. The first-order valence-electron chi connectivity index (χ1n) is 4.91. The number of pyridine rings is 1. The molecule has 2 amide bonds. The molecule has 1 atom stereocenters. The van der Waals surface area contributed by atoms with Crippen LogP contribution in [0.3, 0.4) is 0 Å². The Morgan fingerprint density at radius 1 is 1.39 bits per heavy atom. The first-order valence-corrected chi connectivity index (χ1v) is 4.91. The molecule has 1 heterocycles. The standard InChI is InChI=1S/C10H11N3O5/c11-7(14)3-6(10(17)18)13-9(16)5-1-2-8(15)12-4-5/h1-2,4,6H,3H2,(H2,11,14)(H,12,15)(H,13,16)(H,17,18)/t6-/m1/s1. The molecular formula is C10H11N3O5. The SMILES string of the molecule is NC(=O)C[C@@H](NC(=O)c1ccc(=O)[nH]c1)C(=O)O. The molecule has 0 saturated carbocycles. The van der Waals surface area contributed by atoms with Crippen LogP contribution in [-0.2, 0) is 9.59 Å². The van der Waals surface area contributed by atoms with Crippen molar-refractivity contribution in [3.8, 4) is 0 Å². The zero-order valence-corrected chi connectivity index (χ0v) is 9.17. The van der Waals surface area contributed by atoms with Crippen LogP contribution < -0.4 is 16.6 Å². The van der Waals surface area contributed by atoms with Gasteiger partial charge in [0.25, 0.3) is 5.91 Å². The van der Waals surface area contributed by atoms with E-state index in [4.69, 9.17) is 10.8 Å². The van der Waals surface area contributed by atoms with Gasteiger partial charge in [-0.2, -0.15) is 0 Å². The Labute approximate surface area is 101 Å². The van der Waals surface area contributed by atoms with Crippen molar-refractivity contribution in [2.75, 3.05) is 0 Å². The van der Waals surface area contributed by atoms with Gasteiger partial charge in [0.15, 0.2) is 0 Å². The second-order valence-electron chi connectivity index (χ2n) is 3.48. The second-order valence-corrected chi connectivity index (χ2v) is 3.48. The molecule has 0 aliphatic rings. The number of hydrogen-bond donors (Lipinski definition) is 4. The van der Waals surface area contributed by atoms with Crippen molar-refractivity contribution in [2.24, 2.45) is 5.73 Å². The van der Waals surface area contributed by atoms with E-state index < -0.39 is 35.8 Å². The minimum Gasteiger partial charge on any atom is -0.480 e. The predicted molar refractivity (Wildman–Crippen MR) is 59.8 cm³/mol. The number of amides is 2. The monoisotopic (exact) mass is 253 g/mol. The van der Waals surface area contributed by atoms with E-state index >= 15 is 0 Å². The van der Waals surface area contributed by atoms with Gasteiger partial charge in [-0.25, -0.2) is 4.79 Å². The van der Waals surface area contributed by atoms with E-state index in [2.05, 4.69) is 10.3 Å². The number of nitrogens with two attached hydrogens (primary N) is 1. The molecule has 0 fully saturated rings. The van der Waals surface area contributed by atoms with Crippen molar-refractivity contribution in [2.45, 2.75) is 12.5 Å². The molecule has 0 radical (unpaired) electrons. The second kappa shape index (κ2) is 5.62. The fourth-order valence-corrected chi connectivity index (χ4v) is 1.19. The molecule has 96 valence electrons. The number of H-pyrrole nitrogens is 1. The summed E-state index contributed by atoms with van der Waals surface area (Å²) in [6.07, 6.45) is 0.630. The highest BCUT2D eigenvalue weighted by atomic mass is 16.4. The third kappa shape index (κ3) is 3.74. The highest BCUT2D eigenvalue weighted by molar-refractivity contribution is 5.97. The van der Waals surface area contributed by atoms with Crippen LogP contribution in [0.4, 0.5) is 0 Å². The van der Waals surface area contributed by atoms with Crippen LogP contribution in [0, 0.1) is 0 Å². The number of aromatic amines is 1. The zero-order valence-electron chi connectivity index (χ0n) is 9.17. The van der Waals surface area contributed by atoms with Crippen molar-refractivity contribution in [3.63, 3.8) is 0 Å². The number of carboxylic acids is 1. The number of primary amides is 1. The summed E-state index contributed by atoms with van der Waals surface area (Å²) in [5.41, 5.74) is 4.55. The summed E-state index contributed by atoms with van der Waals surface area (Å²) in [4.78, 5) is 46.1. The van der Waals surface area contributed by atoms with Gasteiger partial charge in [-0.05, 0) is 6.07 Å². The molecule has 0 aliphatic carbocycles. The average Bonchev–Trinajstić information content (AvgIpc) is 2.28. The van der Waals surface area contributed by atoms with Gasteiger partial charge in [0.2, 0.25) is 11.5 Å². The highest BCUT2D eigenvalue weighted by Gasteiger charge is 2.22. The molecular weight excluding hydrogens is 242 g/mol. The molecule has 0 aliphatic heterocycles. The van der Waals surface area contributed by atoms with Crippen LogP contribution in [0.5, 0.6) is 0 Å². The number of rotatable bonds is 5. The lowest BCUT2D eigenvalue weighted by atomic mass is 10.2. The summed E-state index contributed by atoms with van der Waals surface area (Å²) in [5.74, 6) is -2.93. The molecule has 8 nitrogen and oxygen atoms in total. The van der Waals surface area contributed by atoms with Crippen LogP contribution in [-0.4, -0.2) is 33.9 Å². The number of carbonyl (C=O) groups excluding carboxylic acids is 2. The minimum absolute atomic E-state index is 0.0744. The van der Waals surface area contributed by atoms with Gasteiger partial charge in [0.1, 0.15) is 6.04 Å². The van der Waals surface area contributed by atoms with E-state index in [1.807, 2.05) is 0 Å². The molecule has 18 heavy (non-hydrogen) atoms. The van der Waals surface area contributed by atoms with Gasteiger partial charge in [-0.3, -0.25) is 14.4 Å². The average molecular weight is 253 g/mol. The normalized spacial score (nSPS) is 11.6. The molecule has 0 spiro atoms. The lowest BCUT2D eigenvalue weighted by molar-refractivity contribution is -0.140. The van der Waals surface area contributed by atoms with E-state index in [1.165, 1.54) is 6.07 Å². The molecule has 0 unspecified atom stereocenters. The van der Waals surface area contributed by atoms with Crippen LogP contribution in [0.25, 0.3) is 0 Å². The number of hydrogen-bond acceptors (Lipinski definition) is 4. The Hall–Kier alpha value is -2.64. The molecule has 8 heteroatoms. The van der Waals surface area contributed by atoms with E-state index in [-0.39, 0.29) is 5.56 Å². The van der Waals surface area contributed by atoms with Crippen molar-refractivity contribution >= 4 is 17.8 Å². The topological polar surface area (TPSA) is 142 Å². The maximum atomic E-state index is 11.6. The Morgan fingerprint density at radius 2 is 2.06 bits per heavy atom. The number of nitrogens with one attached hydrogen (secondary N) is 2. The summed E-state index contributed by atoms with van der Waals surface area (Å²) < 4.78 is 0. The van der Waals surface area contributed by atoms with Crippen LogP contribution in [0.15, 0.2) is 23.1 Å². The Morgan fingerprint density at radius 3 is 2.50 bits per heavy atom. The number of carboxylic acid groups (broad SMARTS) is 1. The molecule has 1 aromatic heterocycles. The van der Waals surface area contributed by atoms with Gasteiger partial charge < -0.3 is 21.1 Å². The number of aliphatic carboxylic acids is 1. The van der Waals surface area contributed by atoms with Gasteiger partial charge >= 0.3 is 5.97 Å². The summed E-state index contributed by atoms with van der Waals surface area (Å²) in [6.45, 7) is 0. The third-order valence-corrected chi connectivity index (χ3v) is 2.06. The molecule has 0 bridgehead atoms. The fourth-order valence-electron chi connectivity index (χ4n) is 1.19. The van der Waals surface area contributed by atoms with Crippen molar-refractivity contribution < 1.29 is 19.5 Å². The minimum atomic E-state index is -1.40. The lowest BCUT2D eigenvalue weighted by Gasteiger charge is -2.12. The van der Waals surface area contributed by atoms with E-state index in [1.54, 1.807) is 0 Å². The highest BCUT2D eigenvalue weighted by Crippen LogP contribution is 1.97. The lowest BCUT2D eigenvalue weighted by Crippen LogP contribution is -2.43. The number of aromatic nitrogens is 1. The van der Waals surface area contributed by atoms with E-state index in [9.17, 15) is 19.2 Å². The van der Waals surface area contributed by atoms with Crippen LogP contribution >= 0.6 is 0 Å². The van der Waals surface area contributed by atoms with Crippen molar-refractivity contribution in [1.29, 1.82) is 0 Å². The van der Waals surface area contributed by atoms with Gasteiger partial charge in [0, 0.05) is 12.3 Å². The van der Waals surface area contributed by atoms with Gasteiger partial charge in [0.05, 0.1) is 12.0 Å². The van der Waals surface area contributed by atoms with Crippen molar-refractivity contribution in [3.05, 3.63) is 34.2 Å². The summed E-state index contributed by atoms with van der Waals surface area (Å²) >= 11 is 0. The maximum Gasteiger partial charge on any atom is 0.326 e. The third-order valence-electron chi connectivity index (χ3n) is 2.06. The largest absolute Gasteiger partial charge is 0.480 e. The molecule has 5 N–H and O–H groups in total. The summed E-state index contributed by atoms with van der Waals surface area (Å²) in [7, 11) is 0. The first-order chi connectivity index (χ1) is 8.40. The number of carbonyl (C=O) groups is 3. The summed E-state index contributed by atoms with van der Waals surface area (Å²) in [6, 6.07) is 0.956. The molecule has 0 saturated heterocycles. The van der Waals surface area contributed by atoms with Crippen LogP contribution in [0.2, 0.25) is 0 Å². The fraction of sp³-hybridized carbons (Fsp3) is 0.200. The molecule has 0 aromatic carbocycles. The van der Waals surface area contributed by atoms with Crippen molar-refractivity contribution in [1.82, 2.24) is 10.3 Å². The maximum absolute atomic E-state index is 11.6. The Bertz CT molecular complexity index is 516. The Balaban J connectivity index is 2.78. The van der Waals surface area contributed by atoms with E-state index in [0.717, 1.165) is 12.3 Å². The summed E-state index contributed by atoms with van der Waals surface area (Å²) in [5, 5.41) is 10.9. The van der Waals surface area contributed by atoms with Gasteiger partial charge in [-0.15, -0.1) is 0 Å².